The normalized spacial score (nSPS) is 25.0. The first-order chi connectivity index (χ1) is 25.6. The zero-order chi connectivity index (χ0) is 39.5. The van der Waals surface area contributed by atoms with Crippen molar-refractivity contribution in [3.8, 4) is 5.75 Å². The first-order valence-corrected chi connectivity index (χ1v) is 19.1. The Bertz CT molecular complexity index is 1620. The molecular formula is C40H57N7O7. The molecule has 0 unspecified atom stereocenters. The molecule has 0 saturated carbocycles. The van der Waals surface area contributed by atoms with Gasteiger partial charge in [0.25, 0.3) is 0 Å². The third kappa shape index (κ3) is 12.0. The molecule has 14 nitrogen and oxygen atoms in total. The first-order valence-electron chi connectivity index (χ1n) is 19.1. The predicted molar refractivity (Wildman–Crippen MR) is 203 cm³/mol. The number of aromatic nitrogens is 1. The van der Waals surface area contributed by atoms with Crippen LogP contribution in [0.15, 0.2) is 48.7 Å². The lowest BCUT2D eigenvalue weighted by Gasteiger charge is -2.32. The molecule has 6 atom stereocenters. The minimum Gasteiger partial charge on any atom is -0.508 e. The highest BCUT2D eigenvalue weighted by atomic mass is 16.3. The van der Waals surface area contributed by atoms with Crippen molar-refractivity contribution in [3.63, 3.8) is 0 Å². The van der Waals surface area contributed by atoms with Crippen LogP contribution in [0.1, 0.15) is 84.9 Å². The second-order valence-electron chi connectivity index (χ2n) is 15.8. The second kappa shape index (κ2) is 19.4. The zero-order valence-electron chi connectivity index (χ0n) is 32.3. The van der Waals surface area contributed by atoms with Gasteiger partial charge in [-0.15, -0.1) is 0 Å². The van der Waals surface area contributed by atoms with Gasteiger partial charge < -0.3 is 36.6 Å². The minimum atomic E-state index is -1.17. The van der Waals surface area contributed by atoms with E-state index < -0.39 is 71.7 Å². The molecule has 0 spiro atoms. The van der Waals surface area contributed by atoms with Crippen LogP contribution in [0, 0.1) is 17.8 Å². The number of phenols is 1. The van der Waals surface area contributed by atoms with Gasteiger partial charge >= 0.3 is 0 Å². The molecule has 4 rings (SSSR count). The maximum absolute atomic E-state index is 14.2. The summed E-state index contributed by atoms with van der Waals surface area (Å²) in [6, 6.07) is 5.11. The highest BCUT2D eigenvalue weighted by molar-refractivity contribution is 5.98. The summed E-state index contributed by atoms with van der Waals surface area (Å²) in [6.07, 6.45) is 3.27. The number of carbonyl (C=O) groups excluding carboxylic acids is 6. The average Bonchev–Trinajstić information content (AvgIpc) is 3.60. The third-order valence-corrected chi connectivity index (χ3v) is 9.62. The van der Waals surface area contributed by atoms with Gasteiger partial charge in [-0.05, 0) is 79.7 Å². The second-order valence-corrected chi connectivity index (χ2v) is 15.8. The number of benzene rings is 1. The number of phenolic OH excluding ortho intramolecular Hbond substituents is 1. The molecular weight excluding hydrogens is 690 g/mol. The molecule has 6 amide bonds. The molecule has 2 fully saturated rings. The lowest BCUT2D eigenvalue weighted by Crippen LogP contribution is -2.62. The molecule has 0 bridgehead atoms. The molecule has 1 aromatic heterocycles. The number of carbonyl (C=O) groups is 6. The number of pyridine rings is 1. The summed E-state index contributed by atoms with van der Waals surface area (Å²) in [5, 5.41) is 24.1. The molecule has 2 aromatic rings. The van der Waals surface area contributed by atoms with Crippen molar-refractivity contribution in [2.24, 2.45) is 17.8 Å². The SMILES string of the molecule is CC(C)C[C@@H]1NC(=O)[C@H](Cc2ccc(O)cc2)NC(=O)[C@@H]2CCCN2C(=O)[C@H](CC(C)C)NC(=O)[C@H](CC(C)C)NC(=O)[C@H](Cc2ccccn2)NC1=O. The standard InChI is InChI=1S/C40H57N7O7/c1-23(2)18-29-35(49)44-32(22-27-10-7-8-16-41-27)38(52)43-30(19-24(3)4)36(50)46-33(20-25(5)6)40(54)47-17-9-11-34(47)39(53)45-31(37(51)42-29)21-26-12-14-28(48)15-13-26/h7-8,10,12-16,23-25,29-34,48H,9,11,17-22H2,1-6H3,(H,42,51)(H,43,52)(H,44,49)(H,45,53)(H,46,50)/t29-,30-,31-,32-,33-,34-/m0/s1. The maximum atomic E-state index is 14.2. The summed E-state index contributed by atoms with van der Waals surface area (Å²) in [5.74, 6) is -3.37. The summed E-state index contributed by atoms with van der Waals surface area (Å²) in [4.78, 5) is 90.4. The van der Waals surface area contributed by atoms with Gasteiger partial charge in [0.2, 0.25) is 35.4 Å². The van der Waals surface area contributed by atoms with Crippen LogP contribution in [-0.4, -0.2) is 93.2 Å². The van der Waals surface area contributed by atoms with Crippen molar-refractivity contribution in [2.45, 2.75) is 123 Å². The van der Waals surface area contributed by atoms with Gasteiger partial charge in [-0.25, -0.2) is 0 Å². The van der Waals surface area contributed by atoms with E-state index in [-0.39, 0.29) is 55.7 Å². The predicted octanol–water partition coefficient (Wildman–Crippen LogP) is 2.14. The van der Waals surface area contributed by atoms with E-state index in [1.54, 1.807) is 36.5 Å². The number of nitrogens with zero attached hydrogens (tertiary/aromatic N) is 2. The smallest absolute Gasteiger partial charge is 0.245 e. The van der Waals surface area contributed by atoms with Crippen LogP contribution < -0.4 is 26.6 Å². The minimum absolute atomic E-state index is 0.000244. The summed E-state index contributed by atoms with van der Waals surface area (Å²) in [5.41, 5.74) is 1.16. The lowest BCUT2D eigenvalue weighted by atomic mass is 9.98. The van der Waals surface area contributed by atoms with E-state index in [1.165, 1.54) is 17.0 Å². The summed E-state index contributed by atoms with van der Waals surface area (Å²) in [7, 11) is 0. The molecule has 6 N–H and O–H groups in total. The fourth-order valence-corrected chi connectivity index (χ4v) is 6.97. The van der Waals surface area contributed by atoms with Crippen molar-refractivity contribution in [3.05, 3.63) is 59.9 Å². The number of nitrogens with one attached hydrogen (secondary N) is 5. The fraction of sp³-hybridized carbons (Fsp3) is 0.575. The fourth-order valence-electron chi connectivity index (χ4n) is 6.97. The molecule has 294 valence electrons. The number of aromatic hydroxyl groups is 1. The van der Waals surface area contributed by atoms with Gasteiger partial charge in [0, 0.05) is 31.3 Å². The Labute approximate surface area is 318 Å². The Morgan fingerprint density at radius 2 is 1.11 bits per heavy atom. The topological polar surface area (TPSA) is 199 Å². The number of rotatable bonds is 10. The lowest BCUT2D eigenvalue weighted by molar-refractivity contribution is -0.143. The molecule has 2 aliphatic rings. The summed E-state index contributed by atoms with van der Waals surface area (Å²) >= 11 is 0. The first kappa shape index (κ1) is 41.7. The van der Waals surface area contributed by atoms with Crippen molar-refractivity contribution in [1.29, 1.82) is 0 Å². The molecule has 14 heteroatoms. The van der Waals surface area contributed by atoms with Crippen molar-refractivity contribution in [1.82, 2.24) is 36.5 Å². The van der Waals surface area contributed by atoms with Gasteiger partial charge in [0.15, 0.2) is 0 Å². The Balaban J connectivity index is 1.78. The summed E-state index contributed by atoms with van der Waals surface area (Å²) < 4.78 is 0. The van der Waals surface area contributed by atoms with Crippen LogP contribution in [0.3, 0.4) is 0 Å². The number of amides is 6. The van der Waals surface area contributed by atoms with Gasteiger partial charge in [0.1, 0.15) is 42.0 Å². The maximum Gasteiger partial charge on any atom is 0.245 e. The van der Waals surface area contributed by atoms with Crippen LogP contribution in [-0.2, 0) is 41.6 Å². The average molecular weight is 748 g/mol. The van der Waals surface area contributed by atoms with Crippen LogP contribution in [0.5, 0.6) is 5.75 Å². The number of fused-ring (bicyclic) bond motifs is 1. The van der Waals surface area contributed by atoms with Crippen LogP contribution in [0.4, 0.5) is 0 Å². The van der Waals surface area contributed by atoms with Gasteiger partial charge in [-0.3, -0.25) is 33.8 Å². The third-order valence-electron chi connectivity index (χ3n) is 9.62. The monoisotopic (exact) mass is 747 g/mol. The molecule has 3 heterocycles. The van der Waals surface area contributed by atoms with E-state index in [0.29, 0.717) is 30.5 Å². The molecule has 2 aliphatic heterocycles. The van der Waals surface area contributed by atoms with Crippen molar-refractivity contribution in [2.75, 3.05) is 6.54 Å². The zero-order valence-corrected chi connectivity index (χ0v) is 32.3. The van der Waals surface area contributed by atoms with Crippen LogP contribution in [0.25, 0.3) is 0 Å². The van der Waals surface area contributed by atoms with Crippen LogP contribution in [0.2, 0.25) is 0 Å². The molecule has 0 aliphatic carbocycles. The van der Waals surface area contributed by atoms with Crippen molar-refractivity contribution < 1.29 is 33.9 Å². The molecule has 54 heavy (non-hydrogen) atoms. The van der Waals surface area contributed by atoms with Gasteiger partial charge in [0.05, 0.1) is 0 Å². The molecule has 0 radical (unpaired) electrons. The van der Waals surface area contributed by atoms with E-state index in [1.807, 2.05) is 41.5 Å². The number of hydrogen-bond donors (Lipinski definition) is 6. The van der Waals surface area contributed by atoms with Gasteiger partial charge in [-0.1, -0.05) is 59.7 Å². The van der Waals surface area contributed by atoms with E-state index in [4.69, 9.17) is 0 Å². The Morgan fingerprint density at radius 1 is 0.630 bits per heavy atom. The quantitative estimate of drug-likeness (QED) is 0.213. The molecule has 2 saturated heterocycles. The Hall–Kier alpha value is -5.01. The van der Waals surface area contributed by atoms with Gasteiger partial charge in [-0.2, -0.15) is 0 Å². The van der Waals surface area contributed by atoms with E-state index >= 15 is 0 Å². The Morgan fingerprint density at radius 3 is 1.65 bits per heavy atom. The Kier molecular flexibility index (Phi) is 15.0. The highest BCUT2D eigenvalue weighted by Gasteiger charge is 2.41. The number of hydrogen-bond acceptors (Lipinski definition) is 8. The van der Waals surface area contributed by atoms with E-state index in [2.05, 4.69) is 31.6 Å². The van der Waals surface area contributed by atoms with E-state index in [0.717, 1.165) is 0 Å². The largest absolute Gasteiger partial charge is 0.508 e. The summed E-state index contributed by atoms with van der Waals surface area (Å²) in [6.45, 7) is 11.8. The highest BCUT2D eigenvalue weighted by Crippen LogP contribution is 2.22. The van der Waals surface area contributed by atoms with E-state index in [9.17, 15) is 33.9 Å². The molecule has 1 aromatic carbocycles. The van der Waals surface area contributed by atoms with Crippen LogP contribution >= 0.6 is 0 Å². The van der Waals surface area contributed by atoms with Crippen molar-refractivity contribution >= 4 is 35.4 Å².